The molecule has 0 saturated carbocycles. The number of carboxylic acids is 1. The van der Waals surface area contributed by atoms with Crippen molar-refractivity contribution in [2.24, 2.45) is 0 Å². The molecule has 3 N–H and O–H groups in total. The van der Waals surface area contributed by atoms with Gasteiger partial charge in [0.1, 0.15) is 21.9 Å². The van der Waals surface area contributed by atoms with Crippen LogP contribution >= 0.6 is 11.3 Å². The first-order valence-corrected chi connectivity index (χ1v) is 6.55. The highest BCUT2D eigenvalue weighted by atomic mass is 32.1. The van der Waals surface area contributed by atoms with Gasteiger partial charge < -0.3 is 15.5 Å². The third kappa shape index (κ3) is 2.82. The first-order valence-electron chi connectivity index (χ1n) is 5.73. The summed E-state index contributed by atoms with van der Waals surface area (Å²) in [6.07, 6.45) is 1.39. The maximum Gasteiger partial charge on any atom is 0.346 e. The molecule has 0 aromatic carbocycles. The maximum atomic E-state index is 11.1. The highest BCUT2D eigenvalue weighted by Gasteiger charge is 2.19. The Morgan fingerprint density at radius 3 is 2.74 bits per heavy atom. The normalized spacial score (nSPS) is 11.8. The van der Waals surface area contributed by atoms with Gasteiger partial charge in [0.25, 0.3) is 0 Å². The summed E-state index contributed by atoms with van der Waals surface area (Å²) in [7, 11) is 0. The zero-order chi connectivity index (χ0) is 14.2. The number of hydrogen-bond acceptors (Lipinski definition) is 6. The molecule has 0 atom stereocenters. The summed E-state index contributed by atoms with van der Waals surface area (Å²) < 4.78 is 0. The second-order valence-corrected chi connectivity index (χ2v) is 5.93. The molecule has 0 aliphatic rings. The molecular weight excluding hydrogens is 266 g/mol. The monoisotopic (exact) mass is 281 g/mol. The van der Waals surface area contributed by atoms with E-state index >= 15 is 0 Å². The summed E-state index contributed by atoms with van der Waals surface area (Å²) in [4.78, 5) is 20.2. The van der Waals surface area contributed by atoms with Crippen molar-refractivity contribution in [2.45, 2.75) is 26.4 Å². The van der Waals surface area contributed by atoms with E-state index in [9.17, 15) is 9.90 Å². The SMILES string of the molecule is Cc1c(C(=O)O)sc2ncnc(NCC(C)(C)O)c12. The number of nitrogens with one attached hydrogen (secondary N) is 1. The van der Waals surface area contributed by atoms with E-state index < -0.39 is 11.6 Å². The Kier molecular flexibility index (Phi) is 3.42. The number of aliphatic hydroxyl groups is 1. The van der Waals surface area contributed by atoms with E-state index in [0.29, 0.717) is 28.1 Å². The number of fused-ring (bicyclic) bond motifs is 1. The molecule has 0 aliphatic heterocycles. The lowest BCUT2D eigenvalue weighted by molar-refractivity contribution is 0.0701. The smallest absolute Gasteiger partial charge is 0.346 e. The van der Waals surface area contributed by atoms with Crippen LogP contribution < -0.4 is 5.32 Å². The molecule has 0 amide bonds. The molecule has 0 bridgehead atoms. The Hall–Kier alpha value is -1.73. The van der Waals surface area contributed by atoms with Crippen LogP contribution in [0.2, 0.25) is 0 Å². The predicted molar refractivity (Wildman–Crippen MR) is 73.9 cm³/mol. The number of aryl methyl sites for hydroxylation is 1. The fourth-order valence-corrected chi connectivity index (χ4v) is 2.70. The second kappa shape index (κ2) is 4.75. The van der Waals surface area contributed by atoms with Crippen molar-refractivity contribution in [2.75, 3.05) is 11.9 Å². The van der Waals surface area contributed by atoms with Crippen LogP contribution in [0, 0.1) is 6.92 Å². The number of carboxylic acid groups (broad SMARTS) is 1. The van der Waals surface area contributed by atoms with Crippen LogP contribution in [0.3, 0.4) is 0 Å². The van der Waals surface area contributed by atoms with Crippen LogP contribution in [0.5, 0.6) is 0 Å². The van der Waals surface area contributed by atoms with Crippen molar-refractivity contribution in [1.82, 2.24) is 9.97 Å². The largest absolute Gasteiger partial charge is 0.477 e. The number of thiophene rings is 1. The fraction of sp³-hybridized carbons (Fsp3) is 0.417. The number of anilines is 1. The quantitative estimate of drug-likeness (QED) is 0.792. The minimum Gasteiger partial charge on any atom is -0.477 e. The fourth-order valence-electron chi connectivity index (χ4n) is 1.71. The van der Waals surface area contributed by atoms with Crippen LogP contribution in [0.4, 0.5) is 5.82 Å². The summed E-state index contributed by atoms with van der Waals surface area (Å²) >= 11 is 1.13. The molecule has 2 rings (SSSR count). The zero-order valence-corrected chi connectivity index (χ0v) is 11.7. The molecule has 2 heterocycles. The summed E-state index contributed by atoms with van der Waals surface area (Å²) in [5, 5.41) is 22.6. The lowest BCUT2D eigenvalue weighted by Gasteiger charge is -2.18. The van der Waals surface area contributed by atoms with Crippen LogP contribution in [-0.4, -0.2) is 38.3 Å². The molecule has 7 heteroatoms. The summed E-state index contributed by atoms with van der Waals surface area (Å²) in [6, 6.07) is 0. The van der Waals surface area contributed by atoms with E-state index in [2.05, 4.69) is 15.3 Å². The number of rotatable bonds is 4. The lowest BCUT2D eigenvalue weighted by Crippen LogP contribution is -2.29. The van der Waals surface area contributed by atoms with Gasteiger partial charge in [-0.05, 0) is 26.3 Å². The number of aromatic carboxylic acids is 1. The van der Waals surface area contributed by atoms with E-state index in [-0.39, 0.29) is 4.88 Å². The Morgan fingerprint density at radius 1 is 1.47 bits per heavy atom. The number of carbonyl (C=O) groups is 1. The average Bonchev–Trinajstić information content (AvgIpc) is 2.64. The van der Waals surface area contributed by atoms with Gasteiger partial charge in [0.15, 0.2) is 0 Å². The van der Waals surface area contributed by atoms with Gasteiger partial charge in [0.2, 0.25) is 0 Å². The highest BCUT2D eigenvalue weighted by Crippen LogP contribution is 2.33. The minimum absolute atomic E-state index is 0.266. The van der Waals surface area contributed by atoms with E-state index in [1.807, 2.05) is 0 Å². The van der Waals surface area contributed by atoms with Crippen molar-refractivity contribution in [3.05, 3.63) is 16.8 Å². The summed E-state index contributed by atoms with van der Waals surface area (Å²) in [5.74, 6) is -0.415. The summed E-state index contributed by atoms with van der Waals surface area (Å²) in [6.45, 7) is 5.42. The molecule has 0 aliphatic carbocycles. The van der Waals surface area contributed by atoms with Gasteiger partial charge in [-0.1, -0.05) is 0 Å². The molecule has 6 nitrogen and oxygen atoms in total. The Morgan fingerprint density at radius 2 is 2.16 bits per heavy atom. The van der Waals surface area contributed by atoms with E-state index in [1.54, 1.807) is 20.8 Å². The Labute approximate surface area is 114 Å². The molecule has 0 unspecified atom stereocenters. The molecule has 0 spiro atoms. The average molecular weight is 281 g/mol. The maximum absolute atomic E-state index is 11.1. The standard InChI is InChI=1S/C12H15N3O3S/c1-6-7-9(13-4-12(2,3)18)14-5-15-10(7)19-8(6)11(16)17/h5,18H,4H2,1-3H3,(H,16,17)(H,13,14,15). The van der Waals surface area contributed by atoms with Crippen molar-refractivity contribution in [3.8, 4) is 0 Å². The second-order valence-electron chi connectivity index (χ2n) is 4.93. The lowest BCUT2D eigenvalue weighted by atomic mass is 10.1. The molecule has 102 valence electrons. The third-order valence-electron chi connectivity index (χ3n) is 2.61. The molecule has 0 radical (unpaired) electrons. The van der Waals surface area contributed by atoms with Gasteiger partial charge >= 0.3 is 5.97 Å². The molecule has 19 heavy (non-hydrogen) atoms. The van der Waals surface area contributed by atoms with Crippen LogP contribution in [-0.2, 0) is 0 Å². The molecule has 2 aromatic heterocycles. The van der Waals surface area contributed by atoms with Gasteiger partial charge in [-0.3, -0.25) is 0 Å². The molecule has 0 saturated heterocycles. The first kappa shape index (κ1) is 13.7. The van der Waals surface area contributed by atoms with Crippen molar-refractivity contribution in [1.29, 1.82) is 0 Å². The third-order valence-corrected chi connectivity index (χ3v) is 3.80. The van der Waals surface area contributed by atoms with Crippen molar-refractivity contribution in [3.63, 3.8) is 0 Å². The van der Waals surface area contributed by atoms with Gasteiger partial charge in [-0.15, -0.1) is 11.3 Å². The van der Waals surface area contributed by atoms with Gasteiger partial charge in [-0.25, -0.2) is 14.8 Å². The van der Waals surface area contributed by atoms with E-state index in [4.69, 9.17) is 5.11 Å². The topological polar surface area (TPSA) is 95.3 Å². The van der Waals surface area contributed by atoms with Gasteiger partial charge in [0, 0.05) is 6.54 Å². The number of hydrogen-bond donors (Lipinski definition) is 3. The predicted octanol–water partition coefficient (Wildman–Crippen LogP) is 1.88. The van der Waals surface area contributed by atoms with E-state index in [0.717, 1.165) is 11.3 Å². The minimum atomic E-state index is -0.964. The molecule has 0 fully saturated rings. The van der Waals surface area contributed by atoms with Gasteiger partial charge in [0.05, 0.1) is 11.0 Å². The molecule has 2 aromatic rings. The number of aromatic nitrogens is 2. The van der Waals surface area contributed by atoms with Crippen LogP contribution in [0.15, 0.2) is 6.33 Å². The Bertz CT molecular complexity index is 631. The van der Waals surface area contributed by atoms with Gasteiger partial charge in [-0.2, -0.15) is 0 Å². The zero-order valence-electron chi connectivity index (χ0n) is 10.9. The molecular formula is C12H15N3O3S. The van der Waals surface area contributed by atoms with E-state index in [1.165, 1.54) is 6.33 Å². The summed E-state index contributed by atoms with van der Waals surface area (Å²) in [5.41, 5.74) is -0.233. The number of nitrogens with zero attached hydrogens (tertiary/aromatic N) is 2. The highest BCUT2D eigenvalue weighted by molar-refractivity contribution is 7.20. The first-order chi connectivity index (χ1) is 8.79. The van der Waals surface area contributed by atoms with Crippen LogP contribution in [0.25, 0.3) is 10.2 Å². The van der Waals surface area contributed by atoms with Crippen molar-refractivity contribution >= 4 is 33.3 Å². The van der Waals surface area contributed by atoms with Crippen LogP contribution in [0.1, 0.15) is 29.1 Å². The Balaban J connectivity index is 2.47. The van der Waals surface area contributed by atoms with Crippen molar-refractivity contribution < 1.29 is 15.0 Å².